The highest BCUT2D eigenvalue weighted by Gasteiger charge is 2.26. The predicted molar refractivity (Wildman–Crippen MR) is 99.1 cm³/mol. The summed E-state index contributed by atoms with van der Waals surface area (Å²) in [5, 5.41) is 0.372. The summed E-state index contributed by atoms with van der Waals surface area (Å²) < 4.78 is 10.5. The summed E-state index contributed by atoms with van der Waals surface area (Å²) in [7, 11) is 3.06. The molecule has 1 saturated heterocycles. The Bertz CT molecular complexity index is 762. The summed E-state index contributed by atoms with van der Waals surface area (Å²) in [6, 6.07) is 7.40. The molecule has 26 heavy (non-hydrogen) atoms. The summed E-state index contributed by atoms with van der Waals surface area (Å²) in [5.41, 5.74) is 1.78. The number of carbonyl (C=O) groups is 1. The van der Waals surface area contributed by atoms with Crippen molar-refractivity contribution in [3.05, 3.63) is 52.8 Å². The van der Waals surface area contributed by atoms with Gasteiger partial charge in [0.2, 0.25) is 0 Å². The van der Waals surface area contributed by atoms with E-state index in [-0.39, 0.29) is 5.91 Å². The smallest absolute Gasteiger partial charge is 0.254 e. The molecule has 1 N–H and O–H groups in total. The Labute approximate surface area is 158 Å². The van der Waals surface area contributed by atoms with Gasteiger partial charge in [-0.15, -0.1) is 0 Å². The Morgan fingerprint density at radius 2 is 1.88 bits per heavy atom. The molecule has 1 aromatic heterocycles. The Balaban J connectivity index is 1.64. The molecule has 1 fully saturated rings. The number of benzene rings is 1. The van der Waals surface area contributed by atoms with Gasteiger partial charge in [-0.25, -0.2) is 0 Å². The van der Waals surface area contributed by atoms with Crippen molar-refractivity contribution in [2.75, 3.05) is 40.4 Å². The largest absolute Gasteiger partial charge is 0.493 e. The number of ether oxygens (including phenoxy) is 2. The van der Waals surface area contributed by atoms with Crippen LogP contribution in [0, 0.1) is 0 Å². The summed E-state index contributed by atoms with van der Waals surface area (Å²) in [4.78, 5) is 20.2. The van der Waals surface area contributed by atoms with Gasteiger partial charge in [0, 0.05) is 23.5 Å². The van der Waals surface area contributed by atoms with Gasteiger partial charge in [0.25, 0.3) is 5.91 Å². The summed E-state index contributed by atoms with van der Waals surface area (Å²) in [5.74, 6) is 0.874. The highest BCUT2D eigenvalue weighted by Crippen LogP contribution is 2.36. The van der Waals surface area contributed by atoms with E-state index in [4.69, 9.17) is 21.1 Å². The zero-order valence-electron chi connectivity index (χ0n) is 15.0. The first kappa shape index (κ1) is 18.5. The fourth-order valence-electron chi connectivity index (χ4n) is 3.22. The van der Waals surface area contributed by atoms with Gasteiger partial charge in [-0.1, -0.05) is 11.6 Å². The number of hydrogen-bond acceptors (Lipinski definition) is 4. The van der Waals surface area contributed by atoms with E-state index in [9.17, 15) is 4.79 Å². The van der Waals surface area contributed by atoms with Crippen LogP contribution in [0.15, 0.2) is 36.7 Å². The third kappa shape index (κ3) is 4.08. The second-order valence-electron chi connectivity index (χ2n) is 6.27. The average Bonchev–Trinajstić information content (AvgIpc) is 2.68. The third-order valence-electron chi connectivity index (χ3n) is 4.64. The molecule has 7 heteroatoms. The van der Waals surface area contributed by atoms with Crippen LogP contribution in [0.1, 0.15) is 15.9 Å². The van der Waals surface area contributed by atoms with Crippen LogP contribution in [-0.2, 0) is 6.54 Å². The SMILES string of the molecule is COc1cc(C(=O)N2CC[NH+](Cc3ccncc3)CC2)cc(Cl)c1OC. The maximum atomic E-state index is 12.8. The van der Waals surface area contributed by atoms with Gasteiger partial charge in [-0.05, 0) is 24.3 Å². The number of rotatable bonds is 5. The molecule has 0 unspecified atom stereocenters. The molecule has 0 atom stereocenters. The maximum Gasteiger partial charge on any atom is 0.254 e. The first-order valence-electron chi connectivity index (χ1n) is 8.55. The summed E-state index contributed by atoms with van der Waals surface area (Å²) >= 11 is 6.22. The van der Waals surface area contributed by atoms with Gasteiger partial charge in [-0.2, -0.15) is 0 Å². The van der Waals surface area contributed by atoms with Crippen LogP contribution >= 0.6 is 11.6 Å². The number of hydrogen-bond donors (Lipinski definition) is 1. The number of nitrogens with zero attached hydrogens (tertiary/aromatic N) is 2. The van der Waals surface area contributed by atoms with Gasteiger partial charge in [0.05, 0.1) is 45.4 Å². The maximum absolute atomic E-state index is 12.8. The summed E-state index contributed by atoms with van der Waals surface area (Å²) in [6.45, 7) is 4.20. The van der Waals surface area contributed by atoms with Crippen molar-refractivity contribution in [2.45, 2.75) is 6.54 Å². The molecule has 6 nitrogen and oxygen atoms in total. The van der Waals surface area contributed by atoms with Crippen molar-refractivity contribution in [1.29, 1.82) is 0 Å². The van der Waals surface area contributed by atoms with Crippen LogP contribution in [-0.4, -0.2) is 56.2 Å². The molecule has 2 aromatic rings. The van der Waals surface area contributed by atoms with Gasteiger partial charge in [0.15, 0.2) is 11.5 Å². The van der Waals surface area contributed by atoms with Crippen LogP contribution < -0.4 is 14.4 Å². The normalized spacial score (nSPS) is 15.0. The van der Waals surface area contributed by atoms with Crippen LogP contribution in [0.3, 0.4) is 0 Å². The van der Waals surface area contributed by atoms with E-state index in [0.717, 1.165) is 19.6 Å². The molecule has 1 amide bonds. The molecule has 2 heterocycles. The second-order valence-corrected chi connectivity index (χ2v) is 6.68. The first-order valence-corrected chi connectivity index (χ1v) is 8.93. The van der Waals surface area contributed by atoms with Crippen molar-refractivity contribution in [3.8, 4) is 11.5 Å². The average molecular weight is 377 g/mol. The number of carbonyl (C=O) groups excluding carboxylic acids is 1. The molecule has 0 bridgehead atoms. The molecule has 0 spiro atoms. The van der Waals surface area contributed by atoms with Crippen molar-refractivity contribution in [1.82, 2.24) is 9.88 Å². The lowest BCUT2D eigenvalue weighted by Gasteiger charge is -2.32. The third-order valence-corrected chi connectivity index (χ3v) is 4.92. The van der Waals surface area contributed by atoms with Crippen molar-refractivity contribution in [3.63, 3.8) is 0 Å². The van der Waals surface area contributed by atoms with Crippen molar-refractivity contribution >= 4 is 17.5 Å². The molecular formula is C19H23ClN3O3+. The minimum Gasteiger partial charge on any atom is -0.493 e. The van der Waals surface area contributed by atoms with Crippen LogP contribution in [0.2, 0.25) is 5.02 Å². The fraction of sp³-hybridized carbons (Fsp3) is 0.368. The number of quaternary nitrogens is 1. The van der Waals surface area contributed by atoms with E-state index in [0.29, 0.717) is 35.2 Å². The topological polar surface area (TPSA) is 56.1 Å². The van der Waals surface area contributed by atoms with Gasteiger partial charge in [0.1, 0.15) is 6.54 Å². The van der Waals surface area contributed by atoms with E-state index >= 15 is 0 Å². The molecule has 138 valence electrons. The molecule has 1 aromatic carbocycles. The Morgan fingerprint density at radius 1 is 1.19 bits per heavy atom. The monoisotopic (exact) mass is 376 g/mol. The van der Waals surface area contributed by atoms with Crippen LogP contribution in [0.5, 0.6) is 11.5 Å². The lowest BCUT2D eigenvalue weighted by Crippen LogP contribution is -3.13. The Hall–Kier alpha value is -2.31. The van der Waals surface area contributed by atoms with E-state index in [1.807, 2.05) is 29.4 Å². The van der Waals surface area contributed by atoms with Gasteiger partial charge in [-0.3, -0.25) is 9.78 Å². The van der Waals surface area contributed by atoms with Crippen molar-refractivity contribution in [2.24, 2.45) is 0 Å². The number of nitrogens with one attached hydrogen (secondary N) is 1. The molecular weight excluding hydrogens is 354 g/mol. The van der Waals surface area contributed by atoms with E-state index in [1.165, 1.54) is 24.7 Å². The first-order chi connectivity index (χ1) is 12.6. The zero-order chi connectivity index (χ0) is 18.5. The number of amides is 1. The number of pyridine rings is 1. The van der Waals surface area contributed by atoms with E-state index in [1.54, 1.807) is 12.1 Å². The lowest BCUT2D eigenvalue weighted by atomic mass is 10.1. The van der Waals surface area contributed by atoms with Gasteiger partial charge >= 0.3 is 0 Å². The molecule has 0 radical (unpaired) electrons. The molecule has 0 saturated carbocycles. The van der Waals surface area contributed by atoms with Crippen molar-refractivity contribution < 1.29 is 19.2 Å². The van der Waals surface area contributed by atoms with Crippen LogP contribution in [0.25, 0.3) is 0 Å². The second kappa shape index (κ2) is 8.38. The fourth-order valence-corrected chi connectivity index (χ4v) is 3.50. The highest BCUT2D eigenvalue weighted by molar-refractivity contribution is 6.32. The molecule has 0 aliphatic carbocycles. The minimum absolute atomic E-state index is 0.0317. The summed E-state index contributed by atoms with van der Waals surface area (Å²) in [6.07, 6.45) is 3.63. The Morgan fingerprint density at radius 3 is 2.50 bits per heavy atom. The predicted octanol–water partition coefficient (Wildman–Crippen LogP) is 1.29. The highest BCUT2D eigenvalue weighted by atomic mass is 35.5. The standard InChI is InChI=1S/C19H22ClN3O3/c1-25-17-12-15(11-16(20)18(17)26-2)19(24)23-9-7-22(8-10-23)13-14-3-5-21-6-4-14/h3-6,11-12H,7-10,13H2,1-2H3/p+1. The molecule has 1 aliphatic heterocycles. The zero-order valence-corrected chi connectivity index (χ0v) is 15.8. The quantitative estimate of drug-likeness (QED) is 0.854. The minimum atomic E-state index is -0.0317. The van der Waals surface area contributed by atoms with E-state index in [2.05, 4.69) is 4.98 Å². The number of piperazine rings is 1. The molecule has 1 aliphatic rings. The number of aromatic nitrogens is 1. The van der Waals surface area contributed by atoms with E-state index < -0.39 is 0 Å². The number of halogens is 1. The number of methoxy groups -OCH3 is 2. The lowest BCUT2D eigenvalue weighted by molar-refractivity contribution is -0.917. The Kier molecular flexibility index (Phi) is 5.96. The van der Waals surface area contributed by atoms with Gasteiger partial charge < -0.3 is 19.3 Å². The molecule has 3 rings (SSSR count). The van der Waals surface area contributed by atoms with Crippen LogP contribution in [0.4, 0.5) is 0 Å².